The Balaban J connectivity index is 1.18. The molecule has 3 heterocycles. The monoisotopic (exact) mass is 486 g/mol. The van der Waals surface area contributed by atoms with Gasteiger partial charge in [0.05, 0.1) is 36.2 Å². The minimum absolute atomic E-state index is 0.0544. The summed E-state index contributed by atoms with van der Waals surface area (Å²) in [5.41, 5.74) is 9.79. The molecule has 7 atom stereocenters. The van der Waals surface area contributed by atoms with Crippen molar-refractivity contribution in [1.29, 1.82) is 5.26 Å². The lowest BCUT2D eigenvalue weighted by atomic mass is 10.1. The molecule has 34 heavy (non-hydrogen) atoms. The third-order valence-corrected chi connectivity index (χ3v) is 8.20. The van der Waals surface area contributed by atoms with Crippen LogP contribution in [0, 0.1) is 17.2 Å². The molecule has 3 N–H and O–H groups in total. The van der Waals surface area contributed by atoms with E-state index >= 15 is 0 Å². The molecule has 4 aliphatic rings. The lowest BCUT2D eigenvalue weighted by molar-refractivity contribution is -0.237. The molecule has 0 spiro atoms. The number of nitrogens with two attached hydrogens (primary N) is 1. The van der Waals surface area contributed by atoms with Crippen LogP contribution in [0.2, 0.25) is 0 Å². The van der Waals surface area contributed by atoms with Gasteiger partial charge in [0, 0.05) is 37.1 Å². The van der Waals surface area contributed by atoms with Crippen LogP contribution in [0.4, 0.5) is 0 Å². The second-order valence-electron chi connectivity index (χ2n) is 9.58. The Morgan fingerprint density at radius 1 is 1.32 bits per heavy atom. The third kappa shape index (κ3) is 4.19. The topological polar surface area (TPSA) is 124 Å². The molecule has 5 rings (SSSR count). The molecule has 1 unspecified atom stereocenters. The van der Waals surface area contributed by atoms with Crippen molar-refractivity contribution in [2.24, 2.45) is 11.7 Å². The summed E-state index contributed by atoms with van der Waals surface area (Å²) in [6.45, 7) is 3.10. The normalized spacial score (nSPS) is 31.5. The first-order valence-corrected chi connectivity index (χ1v) is 12.5. The molecule has 1 saturated carbocycles. The number of nitrogens with zero attached hydrogens (tertiary/aromatic N) is 4. The van der Waals surface area contributed by atoms with Crippen molar-refractivity contribution in [2.75, 3.05) is 20.1 Å². The van der Waals surface area contributed by atoms with E-state index in [2.05, 4.69) is 21.4 Å². The predicted molar refractivity (Wildman–Crippen MR) is 123 cm³/mol. The SMILES string of the molecule is CNOOSc1ccc([C@H](C)N2C(=O)[C@H]3C[C@@H]2CN3C[C@H](N)C(=O)N2C3C[C@H]3C[C@H]2C#N)cc1. The first-order chi connectivity index (χ1) is 16.4. The van der Waals surface area contributed by atoms with Crippen LogP contribution >= 0.6 is 12.0 Å². The van der Waals surface area contributed by atoms with Gasteiger partial charge in [-0.1, -0.05) is 12.1 Å². The largest absolute Gasteiger partial charge is 0.330 e. The number of piperazine rings is 1. The number of likely N-dealkylation sites (tertiary alicyclic amines) is 3. The molecule has 1 aromatic rings. The average molecular weight is 487 g/mol. The van der Waals surface area contributed by atoms with Gasteiger partial charge in [-0.25, -0.2) is 0 Å². The number of piperidine rings is 1. The van der Waals surface area contributed by atoms with Crippen LogP contribution in [-0.2, 0) is 18.9 Å². The highest BCUT2D eigenvalue weighted by atomic mass is 32.2. The van der Waals surface area contributed by atoms with Gasteiger partial charge in [0.2, 0.25) is 11.8 Å². The maximum atomic E-state index is 13.3. The molecular weight excluding hydrogens is 456 g/mol. The molecule has 1 aromatic carbocycles. The van der Waals surface area contributed by atoms with Gasteiger partial charge in [-0.15, -0.1) is 9.32 Å². The summed E-state index contributed by atoms with van der Waals surface area (Å²) in [4.78, 5) is 37.5. The van der Waals surface area contributed by atoms with E-state index in [0.717, 1.165) is 41.8 Å². The standard InChI is InChI=1S/C23H30N6O4S/c1-13(14-3-5-18(6-4-14)34-33-32-26-2)28-17-9-21(23(28)31)27(11-17)12-19(25)22(30)29-16(10-24)7-15-8-20(15)29/h3-6,13,15-17,19-21,26H,7-9,11-12,25H2,1-2H3/t13-,15+,16-,17+,19-,20?,21+/m0/s1. The smallest absolute Gasteiger partial charge is 0.242 e. The van der Waals surface area contributed by atoms with E-state index < -0.39 is 6.04 Å². The zero-order chi connectivity index (χ0) is 24.0. The Morgan fingerprint density at radius 3 is 2.76 bits per heavy atom. The quantitative estimate of drug-likeness (QED) is 0.227. The van der Waals surface area contributed by atoms with Crippen LogP contribution in [0.1, 0.15) is 37.8 Å². The fraction of sp³-hybridized carbons (Fsp3) is 0.609. The van der Waals surface area contributed by atoms with Crippen molar-refractivity contribution in [1.82, 2.24) is 20.2 Å². The molecule has 3 saturated heterocycles. The van der Waals surface area contributed by atoms with Crippen molar-refractivity contribution >= 4 is 23.9 Å². The Hall–Kier alpha value is -2.20. The second-order valence-corrected chi connectivity index (χ2v) is 10.4. The van der Waals surface area contributed by atoms with Gasteiger partial charge in [-0.2, -0.15) is 10.7 Å². The van der Waals surface area contributed by atoms with Crippen LogP contribution in [-0.4, -0.2) is 76.9 Å². The van der Waals surface area contributed by atoms with Gasteiger partial charge in [0.1, 0.15) is 6.04 Å². The lowest BCUT2D eigenvalue weighted by Crippen LogP contribution is -2.57. The van der Waals surface area contributed by atoms with Crippen LogP contribution in [0.15, 0.2) is 29.2 Å². The molecule has 10 nitrogen and oxygen atoms in total. The van der Waals surface area contributed by atoms with Crippen LogP contribution in [0.5, 0.6) is 0 Å². The average Bonchev–Trinajstić information content (AvgIpc) is 3.16. The second kappa shape index (κ2) is 9.45. The van der Waals surface area contributed by atoms with E-state index in [1.54, 1.807) is 11.9 Å². The fourth-order valence-electron chi connectivity index (χ4n) is 5.86. The van der Waals surface area contributed by atoms with Crippen molar-refractivity contribution in [3.63, 3.8) is 0 Å². The zero-order valence-electron chi connectivity index (χ0n) is 19.3. The molecule has 4 fully saturated rings. The molecule has 0 aromatic heterocycles. The molecule has 0 radical (unpaired) electrons. The highest BCUT2D eigenvalue weighted by Crippen LogP contribution is 2.48. The summed E-state index contributed by atoms with van der Waals surface area (Å²) >= 11 is 1.10. The Labute approximate surface area is 203 Å². The number of amides is 2. The molecule has 1 aliphatic carbocycles. The summed E-state index contributed by atoms with van der Waals surface area (Å²) in [6.07, 6.45) is 2.49. The molecule has 2 amide bonds. The van der Waals surface area contributed by atoms with Crippen LogP contribution in [0.25, 0.3) is 0 Å². The number of hydroxylamine groups is 1. The fourth-order valence-corrected chi connectivity index (χ4v) is 6.29. The van der Waals surface area contributed by atoms with E-state index in [-0.39, 0.29) is 42.0 Å². The third-order valence-electron chi connectivity index (χ3n) is 7.60. The minimum atomic E-state index is -0.715. The number of rotatable bonds is 9. The van der Waals surface area contributed by atoms with Crippen molar-refractivity contribution < 1.29 is 18.9 Å². The first-order valence-electron chi connectivity index (χ1n) is 11.7. The number of carbonyl (C=O) groups excluding carboxylic acids is 2. The number of fused-ring (bicyclic) bond motifs is 3. The Bertz CT molecular complexity index is 987. The Morgan fingerprint density at radius 2 is 2.09 bits per heavy atom. The van der Waals surface area contributed by atoms with E-state index in [1.807, 2.05) is 36.1 Å². The van der Waals surface area contributed by atoms with E-state index in [9.17, 15) is 14.9 Å². The van der Waals surface area contributed by atoms with Gasteiger partial charge in [0.15, 0.2) is 0 Å². The highest BCUT2D eigenvalue weighted by Gasteiger charge is 2.56. The van der Waals surface area contributed by atoms with Gasteiger partial charge < -0.3 is 15.5 Å². The summed E-state index contributed by atoms with van der Waals surface area (Å²) in [5, 5.41) is 9.39. The highest BCUT2D eigenvalue weighted by molar-refractivity contribution is 7.94. The summed E-state index contributed by atoms with van der Waals surface area (Å²) in [5.74, 6) is 0.395. The maximum absolute atomic E-state index is 13.3. The van der Waals surface area contributed by atoms with E-state index in [0.29, 0.717) is 19.0 Å². The molecule has 11 heteroatoms. The van der Waals surface area contributed by atoms with Gasteiger partial charge in [-0.05, 0) is 49.8 Å². The summed E-state index contributed by atoms with van der Waals surface area (Å²) in [7, 11) is 1.61. The van der Waals surface area contributed by atoms with Gasteiger partial charge >= 0.3 is 0 Å². The number of nitrogens with one attached hydrogen (secondary N) is 1. The number of hydrogen-bond donors (Lipinski definition) is 2. The lowest BCUT2D eigenvalue weighted by Gasteiger charge is -2.38. The predicted octanol–water partition coefficient (Wildman–Crippen LogP) is 0.963. The van der Waals surface area contributed by atoms with Crippen molar-refractivity contribution in [2.45, 2.75) is 67.3 Å². The molecule has 2 bridgehead atoms. The number of carbonyl (C=O) groups is 2. The van der Waals surface area contributed by atoms with Crippen molar-refractivity contribution in [3.05, 3.63) is 29.8 Å². The zero-order valence-corrected chi connectivity index (χ0v) is 20.1. The molecule has 182 valence electrons. The van der Waals surface area contributed by atoms with Crippen LogP contribution < -0.4 is 11.2 Å². The number of nitriles is 1. The number of benzene rings is 1. The van der Waals surface area contributed by atoms with Gasteiger partial charge in [-0.3, -0.25) is 14.5 Å². The van der Waals surface area contributed by atoms with Gasteiger partial charge in [0.25, 0.3) is 0 Å². The summed E-state index contributed by atoms with van der Waals surface area (Å²) in [6, 6.07) is 9.01. The van der Waals surface area contributed by atoms with Crippen LogP contribution in [0.3, 0.4) is 0 Å². The Kier molecular flexibility index (Phi) is 6.54. The van der Waals surface area contributed by atoms with E-state index in [4.69, 9.17) is 10.1 Å². The maximum Gasteiger partial charge on any atom is 0.242 e. The number of hydrogen-bond acceptors (Lipinski definition) is 9. The van der Waals surface area contributed by atoms with E-state index in [1.165, 1.54) is 0 Å². The first kappa shape index (κ1) is 23.5. The molecule has 3 aliphatic heterocycles. The summed E-state index contributed by atoms with van der Waals surface area (Å²) < 4.78 is 4.92. The molecular formula is C23H30N6O4S. The minimum Gasteiger partial charge on any atom is -0.330 e. The van der Waals surface area contributed by atoms with Crippen molar-refractivity contribution in [3.8, 4) is 6.07 Å².